The number of Topliss-reactive ketones (excluding diaryl/α,β-unsaturated/α-hetero) is 1. The number of ketones is 1. The van der Waals surface area contributed by atoms with Crippen LogP contribution in [0.1, 0.15) is 32.1 Å². The van der Waals surface area contributed by atoms with Gasteiger partial charge in [0.1, 0.15) is 5.01 Å². The molecule has 0 aliphatic carbocycles. The number of thiazole rings is 1. The number of hydrogen-bond donors (Lipinski definition) is 2. The van der Waals surface area contributed by atoms with Gasteiger partial charge in [0, 0.05) is 16.5 Å². The molecule has 1 aromatic heterocycles. The Hall–Kier alpha value is -2.97. The minimum atomic E-state index is -1.06. The van der Waals surface area contributed by atoms with Crippen LogP contribution >= 0.6 is 23.1 Å². The van der Waals surface area contributed by atoms with Gasteiger partial charge >= 0.3 is 5.97 Å². The standard InChI is InChI=1S/C23H22N2O4S2/c1-30-12-11-18(25-22(27)16-7-9-17(10-8-16)23(28)29)20(26)13-21-24-19(14-31-21)15-5-3-2-4-6-15/h2-10,14,18H,11-13H2,1H3,(H,25,27)(H,28,29)/t18-/m0/s1. The number of thioether (sulfide) groups is 1. The lowest BCUT2D eigenvalue weighted by molar-refractivity contribution is -0.120. The van der Waals surface area contributed by atoms with E-state index in [-0.39, 0.29) is 17.8 Å². The van der Waals surface area contributed by atoms with Gasteiger partial charge in [-0.15, -0.1) is 11.3 Å². The molecular weight excluding hydrogens is 432 g/mol. The lowest BCUT2D eigenvalue weighted by Gasteiger charge is -2.17. The third-order valence-corrected chi connectivity index (χ3v) is 6.14. The number of nitrogens with one attached hydrogen (secondary N) is 1. The summed E-state index contributed by atoms with van der Waals surface area (Å²) in [5.41, 5.74) is 2.24. The topological polar surface area (TPSA) is 96.4 Å². The average molecular weight is 455 g/mol. The number of hydrogen-bond acceptors (Lipinski definition) is 6. The van der Waals surface area contributed by atoms with Crippen molar-refractivity contribution in [1.82, 2.24) is 10.3 Å². The number of carboxylic acid groups (broad SMARTS) is 1. The summed E-state index contributed by atoms with van der Waals surface area (Å²) in [6, 6.07) is 14.8. The Kier molecular flexibility index (Phi) is 7.97. The second kappa shape index (κ2) is 10.9. The number of nitrogens with zero attached hydrogens (tertiary/aromatic N) is 1. The molecule has 2 aromatic carbocycles. The normalized spacial score (nSPS) is 11.6. The van der Waals surface area contributed by atoms with Crippen LogP contribution in [0.15, 0.2) is 60.0 Å². The number of rotatable bonds is 10. The van der Waals surface area contributed by atoms with E-state index in [1.54, 1.807) is 11.8 Å². The Morgan fingerprint density at radius 1 is 1.06 bits per heavy atom. The third-order valence-electron chi connectivity index (χ3n) is 4.65. The van der Waals surface area contributed by atoms with Gasteiger partial charge < -0.3 is 10.4 Å². The molecule has 0 radical (unpaired) electrons. The van der Waals surface area contributed by atoms with Crippen LogP contribution in [0.2, 0.25) is 0 Å². The first-order valence-corrected chi connectivity index (χ1v) is 11.9. The predicted octanol–water partition coefficient (Wildman–Crippen LogP) is 4.17. The van der Waals surface area contributed by atoms with Crippen molar-refractivity contribution < 1.29 is 19.5 Å². The molecule has 0 unspecified atom stereocenters. The van der Waals surface area contributed by atoms with E-state index < -0.39 is 17.9 Å². The fourth-order valence-electron chi connectivity index (χ4n) is 2.96. The summed E-state index contributed by atoms with van der Waals surface area (Å²) in [6.07, 6.45) is 2.60. The SMILES string of the molecule is CSCC[C@H](NC(=O)c1ccc(C(=O)O)cc1)C(=O)Cc1nc(-c2ccccc2)cs1. The Balaban J connectivity index is 1.68. The van der Waals surface area contributed by atoms with Gasteiger partial charge in [0.15, 0.2) is 5.78 Å². The number of carbonyl (C=O) groups is 3. The first kappa shape index (κ1) is 22.7. The van der Waals surface area contributed by atoms with Crippen molar-refractivity contribution in [3.8, 4) is 11.3 Å². The number of carbonyl (C=O) groups excluding carboxylic acids is 2. The van der Waals surface area contributed by atoms with Crippen LogP contribution in [0.5, 0.6) is 0 Å². The third kappa shape index (κ3) is 6.26. The van der Waals surface area contributed by atoms with Gasteiger partial charge in [0.25, 0.3) is 5.91 Å². The summed E-state index contributed by atoms with van der Waals surface area (Å²) < 4.78 is 0. The van der Waals surface area contributed by atoms with Crippen LogP contribution in [0.3, 0.4) is 0 Å². The molecule has 0 spiro atoms. The molecule has 1 atom stereocenters. The van der Waals surface area contributed by atoms with Crippen molar-refractivity contribution in [3.63, 3.8) is 0 Å². The van der Waals surface area contributed by atoms with E-state index in [4.69, 9.17) is 5.11 Å². The number of amides is 1. The van der Waals surface area contributed by atoms with Crippen LogP contribution in [0, 0.1) is 0 Å². The molecule has 6 nitrogen and oxygen atoms in total. The van der Waals surface area contributed by atoms with Gasteiger partial charge in [-0.05, 0) is 42.7 Å². The Morgan fingerprint density at radius 2 is 1.74 bits per heavy atom. The smallest absolute Gasteiger partial charge is 0.335 e. The number of benzene rings is 2. The van der Waals surface area contributed by atoms with E-state index in [0.717, 1.165) is 17.0 Å². The number of aromatic nitrogens is 1. The van der Waals surface area contributed by atoms with Crippen molar-refractivity contribution >= 4 is 40.8 Å². The van der Waals surface area contributed by atoms with Crippen LogP contribution in [-0.2, 0) is 11.2 Å². The molecule has 1 heterocycles. The Morgan fingerprint density at radius 3 is 2.39 bits per heavy atom. The highest BCUT2D eigenvalue weighted by molar-refractivity contribution is 7.98. The minimum Gasteiger partial charge on any atom is -0.478 e. The lowest BCUT2D eigenvalue weighted by atomic mass is 10.1. The predicted molar refractivity (Wildman–Crippen MR) is 124 cm³/mol. The van der Waals surface area contributed by atoms with Crippen molar-refractivity contribution in [2.45, 2.75) is 18.9 Å². The minimum absolute atomic E-state index is 0.0986. The molecule has 31 heavy (non-hydrogen) atoms. The second-order valence-corrected chi connectivity index (χ2v) is 8.75. The summed E-state index contributed by atoms with van der Waals surface area (Å²) in [6.45, 7) is 0. The van der Waals surface area contributed by atoms with Gasteiger partial charge in [-0.25, -0.2) is 9.78 Å². The van der Waals surface area contributed by atoms with E-state index in [1.165, 1.54) is 35.6 Å². The number of carboxylic acids is 1. The molecule has 0 bridgehead atoms. The van der Waals surface area contributed by atoms with Crippen LogP contribution in [-0.4, -0.2) is 45.8 Å². The quantitative estimate of drug-likeness (QED) is 0.477. The van der Waals surface area contributed by atoms with Crippen molar-refractivity contribution in [3.05, 3.63) is 76.1 Å². The maximum atomic E-state index is 12.9. The monoisotopic (exact) mass is 454 g/mol. The second-order valence-electron chi connectivity index (χ2n) is 6.83. The molecule has 0 saturated carbocycles. The first-order valence-electron chi connectivity index (χ1n) is 9.63. The van der Waals surface area contributed by atoms with Gasteiger partial charge in [0.05, 0.1) is 23.7 Å². The van der Waals surface area contributed by atoms with E-state index in [9.17, 15) is 14.4 Å². The molecule has 0 aliphatic rings. The zero-order chi connectivity index (χ0) is 22.2. The van der Waals surface area contributed by atoms with Gasteiger partial charge in [-0.2, -0.15) is 11.8 Å². The molecular formula is C23H22N2O4S2. The molecule has 0 aliphatic heterocycles. The van der Waals surface area contributed by atoms with Crippen LogP contribution < -0.4 is 5.32 Å². The molecule has 8 heteroatoms. The van der Waals surface area contributed by atoms with Crippen LogP contribution in [0.4, 0.5) is 0 Å². The van der Waals surface area contributed by atoms with E-state index in [1.807, 2.05) is 42.0 Å². The molecule has 160 valence electrons. The van der Waals surface area contributed by atoms with Crippen LogP contribution in [0.25, 0.3) is 11.3 Å². The fourth-order valence-corrected chi connectivity index (χ4v) is 4.25. The summed E-state index contributed by atoms with van der Waals surface area (Å²) >= 11 is 3.03. The molecule has 1 amide bonds. The summed E-state index contributed by atoms with van der Waals surface area (Å²) in [5.74, 6) is -0.834. The fraction of sp³-hybridized carbons (Fsp3) is 0.217. The molecule has 2 N–H and O–H groups in total. The Labute approximate surface area is 188 Å². The number of aromatic carboxylic acids is 1. The Bertz CT molecular complexity index is 1050. The van der Waals surface area contributed by atoms with Crippen molar-refractivity contribution in [1.29, 1.82) is 0 Å². The highest BCUT2D eigenvalue weighted by atomic mass is 32.2. The lowest BCUT2D eigenvalue weighted by Crippen LogP contribution is -2.42. The van der Waals surface area contributed by atoms with Crippen molar-refractivity contribution in [2.75, 3.05) is 12.0 Å². The van der Waals surface area contributed by atoms with Gasteiger partial charge in [0.2, 0.25) is 0 Å². The zero-order valence-corrected chi connectivity index (χ0v) is 18.5. The zero-order valence-electron chi connectivity index (χ0n) is 16.9. The van der Waals surface area contributed by atoms with E-state index in [0.29, 0.717) is 17.0 Å². The summed E-state index contributed by atoms with van der Waals surface area (Å²) in [4.78, 5) is 41.1. The summed E-state index contributed by atoms with van der Waals surface area (Å²) in [7, 11) is 0. The average Bonchev–Trinajstić information content (AvgIpc) is 3.25. The first-order chi connectivity index (χ1) is 15.0. The van der Waals surface area contributed by atoms with Gasteiger partial charge in [-0.3, -0.25) is 9.59 Å². The van der Waals surface area contributed by atoms with Crippen molar-refractivity contribution in [2.24, 2.45) is 0 Å². The maximum absolute atomic E-state index is 12.9. The van der Waals surface area contributed by atoms with E-state index >= 15 is 0 Å². The largest absolute Gasteiger partial charge is 0.478 e. The summed E-state index contributed by atoms with van der Waals surface area (Å²) in [5, 5.41) is 14.4. The van der Waals surface area contributed by atoms with Gasteiger partial charge in [-0.1, -0.05) is 30.3 Å². The molecule has 0 saturated heterocycles. The highest BCUT2D eigenvalue weighted by Gasteiger charge is 2.22. The molecule has 0 fully saturated rings. The maximum Gasteiger partial charge on any atom is 0.335 e. The van der Waals surface area contributed by atoms with E-state index in [2.05, 4.69) is 10.3 Å². The highest BCUT2D eigenvalue weighted by Crippen LogP contribution is 2.22. The molecule has 3 aromatic rings. The molecule has 3 rings (SSSR count).